The lowest BCUT2D eigenvalue weighted by molar-refractivity contribution is -0.419. The Bertz CT molecular complexity index is 530. The monoisotopic (exact) mass is 370 g/mol. The van der Waals surface area contributed by atoms with Gasteiger partial charge in [-0.15, -0.1) is 0 Å². The molecule has 1 unspecified atom stereocenters. The molecule has 1 aliphatic heterocycles. The molecule has 142 valence electrons. The maximum Gasteiger partial charge on any atom is 0.430 e. The van der Waals surface area contributed by atoms with Crippen molar-refractivity contribution in [2.45, 2.75) is 63.3 Å². The molecule has 1 saturated heterocycles. The van der Waals surface area contributed by atoms with Crippen LogP contribution in [0.15, 0.2) is 24.3 Å². The van der Waals surface area contributed by atoms with Crippen molar-refractivity contribution in [1.82, 2.24) is 0 Å². The number of benzene rings is 1. The van der Waals surface area contributed by atoms with Gasteiger partial charge < -0.3 is 9.47 Å². The second kappa shape index (κ2) is 7.53. The minimum atomic E-state index is -5.68. The third-order valence-corrected chi connectivity index (χ3v) is 4.14. The Morgan fingerprint density at radius 1 is 1.00 bits per heavy atom. The second-order valence-electron chi connectivity index (χ2n) is 6.04. The average Bonchev–Trinajstić information content (AvgIpc) is 2.52. The van der Waals surface area contributed by atoms with E-state index in [2.05, 4.69) is 4.74 Å². The molecule has 1 aromatic rings. The zero-order chi connectivity index (χ0) is 18.7. The lowest BCUT2D eigenvalue weighted by Gasteiger charge is -2.40. The van der Waals surface area contributed by atoms with Crippen LogP contribution >= 0.6 is 0 Å². The molecule has 2 nitrogen and oxygen atoms in total. The molecule has 0 aliphatic carbocycles. The molecule has 0 saturated carbocycles. The topological polar surface area (TPSA) is 18.5 Å². The maximum atomic E-state index is 13.7. The van der Waals surface area contributed by atoms with Gasteiger partial charge >= 0.3 is 12.4 Å². The normalized spacial score (nSPS) is 19.9. The summed E-state index contributed by atoms with van der Waals surface area (Å²) in [6, 6.07) is 4.23. The number of rotatable bonds is 5. The second-order valence-corrected chi connectivity index (χ2v) is 6.04. The molecule has 1 aromatic carbocycles. The highest BCUT2D eigenvalue weighted by atomic mass is 19.4. The van der Waals surface area contributed by atoms with E-state index in [1.807, 2.05) is 6.92 Å². The van der Waals surface area contributed by atoms with E-state index >= 15 is 0 Å². The van der Waals surface area contributed by atoms with Crippen LogP contribution in [0.2, 0.25) is 0 Å². The first kappa shape index (κ1) is 20.0. The quantitative estimate of drug-likeness (QED) is 0.637. The van der Waals surface area contributed by atoms with E-state index < -0.39 is 29.8 Å². The molecule has 0 aromatic heterocycles. The Labute approximate surface area is 142 Å². The van der Waals surface area contributed by atoms with E-state index in [0.29, 0.717) is 24.8 Å². The Balaban J connectivity index is 2.49. The Kier molecular flexibility index (Phi) is 6.04. The van der Waals surface area contributed by atoms with Gasteiger partial charge in [-0.05, 0) is 31.2 Å². The highest BCUT2D eigenvalue weighted by Gasteiger charge is 2.74. The smallest absolute Gasteiger partial charge is 0.353 e. The summed E-state index contributed by atoms with van der Waals surface area (Å²) < 4.78 is 91.6. The lowest BCUT2D eigenvalue weighted by Crippen LogP contribution is -2.58. The van der Waals surface area contributed by atoms with E-state index in [1.165, 1.54) is 12.1 Å². The predicted molar refractivity (Wildman–Crippen MR) is 78.9 cm³/mol. The summed E-state index contributed by atoms with van der Waals surface area (Å²) in [6.07, 6.45) is -10.6. The van der Waals surface area contributed by atoms with Gasteiger partial charge in [0.25, 0.3) is 5.60 Å². The summed E-state index contributed by atoms with van der Waals surface area (Å²) in [5, 5.41) is 0. The lowest BCUT2D eigenvalue weighted by atomic mass is 9.90. The molecule has 0 spiro atoms. The van der Waals surface area contributed by atoms with Crippen molar-refractivity contribution in [3.05, 3.63) is 35.4 Å². The standard InChI is InChI=1S/C17H20F6O2/c1-2-5-12-7-9-13(10-8-12)15(16(18,19)20,17(21,22)23)25-14-6-3-4-11-24-14/h7-10,14H,2-6,11H2,1H3. The fourth-order valence-electron chi connectivity index (χ4n) is 2.89. The number of hydrogen-bond donors (Lipinski definition) is 0. The SMILES string of the molecule is CCCc1ccc(C(OC2CCCCO2)(C(F)(F)F)C(F)(F)F)cc1. The zero-order valence-electron chi connectivity index (χ0n) is 13.7. The van der Waals surface area contributed by atoms with Crippen molar-refractivity contribution in [2.24, 2.45) is 0 Å². The molecular formula is C17H20F6O2. The summed E-state index contributed by atoms with van der Waals surface area (Å²) in [5.41, 5.74) is -4.73. The maximum absolute atomic E-state index is 13.7. The van der Waals surface area contributed by atoms with Crippen LogP contribution < -0.4 is 0 Å². The van der Waals surface area contributed by atoms with Crippen LogP contribution in [-0.2, 0) is 21.5 Å². The Morgan fingerprint density at radius 3 is 2.04 bits per heavy atom. The highest BCUT2D eigenvalue weighted by molar-refractivity contribution is 5.31. The largest absolute Gasteiger partial charge is 0.430 e. The highest BCUT2D eigenvalue weighted by Crippen LogP contribution is 2.54. The van der Waals surface area contributed by atoms with Crippen molar-refractivity contribution in [3.63, 3.8) is 0 Å². The van der Waals surface area contributed by atoms with Crippen molar-refractivity contribution < 1.29 is 35.8 Å². The van der Waals surface area contributed by atoms with Gasteiger partial charge in [0.15, 0.2) is 6.29 Å². The molecule has 8 heteroatoms. The predicted octanol–water partition coefficient (Wildman–Crippen LogP) is 5.50. The molecule has 0 N–H and O–H groups in total. The van der Waals surface area contributed by atoms with E-state index in [-0.39, 0.29) is 13.0 Å². The molecule has 25 heavy (non-hydrogen) atoms. The molecule has 1 fully saturated rings. The van der Waals surface area contributed by atoms with E-state index in [9.17, 15) is 26.3 Å². The molecule has 1 aliphatic rings. The molecule has 0 bridgehead atoms. The van der Waals surface area contributed by atoms with Crippen LogP contribution in [0.5, 0.6) is 0 Å². The van der Waals surface area contributed by atoms with Gasteiger partial charge in [0, 0.05) is 12.2 Å². The Morgan fingerprint density at radius 2 is 1.60 bits per heavy atom. The molecule has 1 atom stereocenters. The molecule has 0 radical (unpaired) electrons. The van der Waals surface area contributed by atoms with Crippen molar-refractivity contribution in [3.8, 4) is 0 Å². The number of alkyl halides is 6. The summed E-state index contributed by atoms with van der Waals surface area (Å²) in [4.78, 5) is 0. The zero-order valence-corrected chi connectivity index (χ0v) is 13.7. The first-order valence-electron chi connectivity index (χ1n) is 8.14. The summed E-state index contributed by atoms with van der Waals surface area (Å²) in [6.45, 7) is 1.94. The van der Waals surface area contributed by atoms with E-state index in [4.69, 9.17) is 4.74 Å². The molecule has 2 rings (SSSR count). The van der Waals surface area contributed by atoms with Gasteiger partial charge in [-0.3, -0.25) is 0 Å². The van der Waals surface area contributed by atoms with Crippen LogP contribution in [-0.4, -0.2) is 25.2 Å². The van der Waals surface area contributed by atoms with E-state index in [1.54, 1.807) is 0 Å². The summed E-state index contributed by atoms with van der Waals surface area (Å²) in [5.74, 6) is 0. The van der Waals surface area contributed by atoms with Gasteiger partial charge in [-0.25, -0.2) is 0 Å². The van der Waals surface area contributed by atoms with Crippen molar-refractivity contribution in [1.29, 1.82) is 0 Å². The summed E-state index contributed by atoms with van der Waals surface area (Å²) in [7, 11) is 0. The van der Waals surface area contributed by atoms with Gasteiger partial charge in [0.2, 0.25) is 0 Å². The average molecular weight is 370 g/mol. The number of halogens is 6. The third kappa shape index (κ3) is 4.11. The Hall–Kier alpha value is -1.28. The third-order valence-electron chi connectivity index (χ3n) is 4.14. The molecular weight excluding hydrogens is 350 g/mol. The van der Waals surface area contributed by atoms with Crippen LogP contribution in [0.25, 0.3) is 0 Å². The van der Waals surface area contributed by atoms with Crippen LogP contribution in [0, 0.1) is 0 Å². The fourth-order valence-corrected chi connectivity index (χ4v) is 2.89. The van der Waals surface area contributed by atoms with Crippen LogP contribution in [0.3, 0.4) is 0 Å². The number of aryl methyl sites for hydroxylation is 1. The first-order chi connectivity index (χ1) is 11.6. The summed E-state index contributed by atoms with van der Waals surface area (Å²) >= 11 is 0. The van der Waals surface area contributed by atoms with Crippen LogP contribution in [0.4, 0.5) is 26.3 Å². The number of ether oxygens (including phenoxy) is 2. The van der Waals surface area contributed by atoms with Gasteiger partial charge in [-0.1, -0.05) is 37.6 Å². The van der Waals surface area contributed by atoms with Crippen molar-refractivity contribution >= 4 is 0 Å². The van der Waals surface area contributed by atoms with Crippen molar-refractivity contribution in [2.75, 3.05) is 6.61 Å². The van der Waals surface area contributed by atoms with E-state index in [0.717, 1.165) is 18.6 Å². The molecule has 1 heterocycles. The number of hydrogen-bond acceptors (Lipinski definition) is 2. The fraction of sp³-hybridized carbons (Fsp3) is 0.647. The minimum absolute atomic E-state index is 0.0121. The van der Waals surface area contributed by atoms with Crippen LogP contribution in [0.1, 0.15) is 43.7 Å². The van der Waals surface area contributed by atoms with Gasteiger partial charge in [0.05, 0.1) is 0 Å². The van der Waals surface area contributed by atoms with Gasteiger partial charge in [-0.2, -0.15) is 26.3 Å². The van der Waals surface area contributed by atoms with Gasteiger partial charge in [0.1, 0.15) is 0 Å². The molecule has 0 amide bonds. The minimum Gasteiger partial charge on any atom is -0.353 e. The first-order valence-corrected chi connectivity index (χ1v) is 8.14.